The molecule has 29 heavy (non-hydrogen) atoms. The molecule has 1 atom stereocenters. The van der Waals surface area contributed by atoms with Crippen molar-refractivity contribution in [3.8, 4) is 11.6 Å². The number of methoxy groups -OCH3 is 1. The maximum Gasteiger partial charge on any atom is 0.227 e. The van der Waals surface area contributed by atoms with E-state index in [1.807, 2.05) is 39.9 Å². The van der Waals surface area contributed by atoms with Crippen LogP contribution in [0.2, 0.25) is 0 Å². The van der Waals surface area contributed by atoms with E-state index in [-0.39, 0.29) is 11.9 Å². The van der Waals surface area contributed by atoms with Crippen molar-refractivity contribution in [3.05, 3.63) is 66.1 Å². The zero-order chi connectivity index (χ0) is 20.2. The smallest absolute Gasteiger partial charge is 0.227 e. The molecule has 0 radical (unpaired) electrons. The SMILES string of the molecule is CCc1nccn1-c1cncc([C@@H]2CCCN2C(=O)Cc2ccc(OC)cc2)n1. The molecule has 0 spiro atoms. The second kappa shape index (κ2) is 8.43. The molecule has 4 rings (SSSR count). The van der Waals surface area contributed by atoms with Gasteiger partial charge in [0, 0.05) is 25.4 Å². The molecule has 7 nitrogen and oxygen atoms in total. The molecule has 3 aromatic rings. The van der Waals surface area contributed by atoms with Gasteiger partial charge in [-0.25, -0.2) is 9.97 Å². The van der Waals surface area contributed by atoms with E-state index in [4.69, 9.17) is 9.72 Å². The first-order chi connectivity index (χ1) is 14.2. The van der Waals surface area contributed by atoms with Gasteiger partial charge < -0.3 is 9.64 Å². The zero-order valence-corrected chi connectivity index (χ0v) is 16.8. The number of benzene rings is 1. The Kier molecular flexibility index (Phi) is 5.55. The van der Waals surface area contributed by atoms with E-state index in [9.17, 15) is 4.79 Å². The van der Waals surface area contributed by atoms with Crippen LogP contribution in [0.5, 0.6) is 5.75 Å². The number of rotatable bonds is 6. The fourth-order valence-corrected chi connectivity index (χ4v) is 3.84. The van der Waals surface area contributed by atoms with Crippen LogP contribution in [0.3, 0.4) is 0 Å². The molecule has 0 saturated carbocycles. The number of hydrogen-bond acceptors (Lipinski definition) is 5. The van der Waals surface area contributed by atoms with Crippen molar-refractivity contribution in [1.29, 1.82) is 0 Å². The van der Waals surface area contributed by atoms with Gasteiger partial charge in [0.2, 0.25) is 5.91 Å². The molecule has 0 bridgehead atoms. The summed E-state index contributed by atoms with van der Waals surface area (Å²) in [5, 5.41) is 0. The van der Waals surface area contributed by atoms with Crippen molar-refractivity contribution in [2.24, 2.45) is 0 Å². The minimum Gasteiger partial charge on any atom is -0.497 e. The molecule has 0 N–H and O–H groups in total. The van der Waals surface area contributed by atoms with E-state index < -0.39 is 0 Å². The highest BCUT2D eigenvalue weighted by atomic mass is 16.5. The van der Waals surface area contributed by atoms with E-state index in [1.54, 1.807) is 25.7 Å². The van der Waals surface area contributed by atoms with Gasteiger partial charge in [0.05, 0.1) is 37.7 Å². The van der Waals surface area contributed by atoms with Gasteiger partial charge in [-0.1, -0.05) is 19.1 Å². The van der Waals surface area contributed by atoms with Crippen LogP contribution in [0.4, 0.5) is 0 Å². The summed E-state index contributed by atoms with van der Waals surface area (Å²) in [6.07, 6.45) is 10.2. The Hall–Kier alpha value is -3.22. The molecule has 3 heterocycles. The third kappa shape index (κ3) is 3.99. The first-order valence-electron chi connectivity index (χ1n) is 9.96. The molecule has 0 unspecified atom stereocenters. The van der Waals surface area contributed by atoms with Crippen LogP contribution in [0.15, 0.2) is 49.1 Å². The predicted octanol–water partition coefficient (Wildman–Crippen LogP) is 3.14. The molecule has 1 aliphatic heterocycles. The summed E-state index contributed by atoms with van der Waals surface area (Å²) >= 11 is 0. The van der Waals surface area contributed by atoms with Gasteiger partial charge >= 0.3 is 0 Å². The topological polar surface area (TPSA) is 73.1 Å². The number of hydrogen-bond donors (Lipinski definition) is 0. The lowest BCUT2D eigenvalue weighted by atomic mass is 10.1. The molecule has 1 fully saturated rings. The van der Waals surface area contributed by atoms with Crippen LogP contribution < -0.4 is 4.74 Å². The molecule has 1 amide bonds. The van der Waals surface area contributed by atoms with E-state index in [0.717, 1.165) is 54.5 Å². The maximum absolute atomic E-state index is 13.0. The predicted molar refractivity (Wildman–Crippen MR) is 109 cm³/mol. The molecular weight excluding hydrogens is 366 g/mol. The number of amides is 1. The second-order valence-corrected chi connectivity index (χ2v) is 7.14. The van der Waals surface area contributed by atoms with E-state index in [1.165, 1.54) is 0 Å². The zero-order valence-electron chi connectivity index (χ0n) is 16.8. The van der Waals surface area contributed by atoms with Crippen molar-refractivity contribution in [2.75, 3.05) is 13.7 Å². The molecular formula is C22H25N5O2. The number of carbonyl (C=O) groups excluding carboxylic acids is 1. The number of ether oxygens (including phenoxy) is 1. The first kappa shape index (κ1) is 19.1. The molecule has 0 aliphatic carbocycles. The number of carbonyl (C=O) groups is 1. The number of likely N-dealkylation sites (tertiary alicyclic amines) is 1. The van der Waals surface area contributed by atoms with Crippen molar-refractivity contribution >= 4 is 5.91 Å². The summed E-state index contributed by atoms with van der Waals surface area (Å²) in [6.45, 7) is 2.81. The maximum atomic E-state index is 13.0. The quantitative estimate of drug-likeness (QED) is 0.645. The highest BCUT2D eigenvalue weighted by Crippen LogP contribution is 2.31. The summed E-state index contributed by atoms with van der Waals surface area (Å²) in [6, 6.07) is 7.60. The standard InChI is InChI=1S/C22H25N5O2/c1-3-20-24-10-12-27(20)21-15-23-14-18(25-21)19-5-4-11-26(19)22(28)13-16-6-8-17(29-2)9-7-16/h6-10,12,14-15,19H,3-5,11,13H2,1-2H3/t19-/m0/s1. The Bertz CT molecular complexity index is 983. The lowest BCUT2D eigenvalue weighted by Crippen LogP contribution is -2.32. The fourth-order valence-electron chi connectivity index (χ4n) is 3.84. The minimum atomic E-state index is -0.0400. The average Bonchev–Trinajstić information content (AvgIpc) is 3.44. The van der Waals surface area contributed by atoms with E-state index in [2.05, 4.69) is 16.9 Å². The van der Waals surface area contributed by atoms with E-state index >= 15 is 0 Å². The van der Waals surface area contributed by atoms with Gasteiger partial charge in [-0.3, -0.25) is 14.3 Å². The van der Waals surface area contributed by atoms with Crippen molar-refractivity contribution in [2.45, 2.75) is 38.6 Å². The third-order valence-electron chi connectivity index (χ3n) is 5.35. The lowest BCUT2D eigenvalue weighted by Gasteiger charge is -2.24. The molecule has 1 aromatic carbocycles. The Morgan fingerprint density at radius 3 is 2.83 bits per heavy atom. The summed E-state index contributed by atoms with van der Waals surface area (Å²) in [7, 11) is 1.64. The Morgan fingerprint density at radius 1 is 1.24 bits per heavy atom. The molecule has 1 saturated heterocycles. The van der Waals surface area contributed by atoms with Gasteiger partial charge in [-0.2, -0.15) is 0 Å². The van der Waals surface area contributed by atoms with Crippen molar-refractivity contribution in [1.82, 2.24) is 24.4 Å². The summed E-state index contributed by atoms with van der Waals surface area (Å²) in [5.74, 6) is 2.58. The Balaban J connectivity index is 1.53. The minimum absolute atomic E-state index is 0.0400. The lowest BCUT2D eigenvalue weighted by molar-refractivity contribution is -0.131. The van der Waals surface area contributed by atoms with Gasteiger partial charge in [0.15, 0.2) is 5.82 Å². The van der Waals surface area contributed by atoms with Crippen LogP contribution >= 0.6 is 0 Å². The Morgan fingerprint density at radius 2 is 2.07 bits per heavy atom. The fraction of sp³-hybridized carbons (Fsp3) is 0.364. The van der Waals surface area contributed by atoms with Crippen LogP contribution in [-0.2, 0) is 17.6 Å². The summed E-state index contributed by atoms with van der Waals surface area (Å²) in [5.41, 5.74) is 1.81. The largest absolute Gasteiger partial charge is 0.497 e. The van der Waals surface area contributed by atoms with Gasteiger partial charge in [0.1, 0.15) is 11.6 Å². The van der Waals surface area contributed by atoms with E-state index in [0.29, 0.717) is 6.42 Å². The summed E-state index contributed by atoms with van der Waals surface area (Å²) in [4.78, 5) is 28.5. The first-order valence-corrected chi connectivity index (χ1v) is 9.96. The molecule has 150 valence electrons. The summed E-state index contributed by atoms with van der Waals surface area (Å²) < 4.78 is 7.14. The van der Waals surface area contributed by atoms with Crippen LogP contribution in [-0.4, -0.2) is 44.0 Å². The molecule has 7 heteroatoms. The molecule has 2 aromatic heterocycles. The van der Waals surface area contributed by atoms with Gasteiger partial charge in [-0.15, -0.1) is 0 Å². The monoisotopic (exact) mass is 391 g/mol. The van der Waals surface area contributed by atoms with Crippen LogP contribution in [0, 0.1) is 0 Å². The third-order valence-corrected chi connectivity index (χ3v) is 5.35. The van der Waals surface area contributed by atoms with Crippen molar-refractivity contribution < 1.29 is 9.53 Å². The highest BCUT2D eigenvalue weighted by molar-refractivity contribution is 5.79. The highest BCUT2D eigenvalue weighted by Gasteiger charge is 2.31. The Labute approximate surface area is 170 Å². The normalized spacial score (nSPS) is 16.2. The van der Waals surface area contributed by atoms with Crippen molar-refractivity contribution in [3.63, 3.8) is 0 Å². The second-order valence-electron chi connectivity index (χ2n) is 7.14. The van der Waals surface area contributed by atoms with Crippen LogP contribution in [0.1, 0.15) is 42.9 Å². The van der Waals surface area contributed by atoms with Gasteiger partial charge in [-0.05, 0) is 30.5 Å². The number of aryl methyl sites for hydroxylation is 1. The van der Waals surface area contributed by atoms with Crippen LogP contribution in [0.25, 0.3) is 5.82 Å². The number of imidazole rings is 1. The molecule has 1 aliphatic rings. The number of nitrogens with zero attached hydrogens (tertiary/aromatic N) is 5. The van der Waals surface area contributed by atoms with Gasteiger partial charge in [0.25, 0.3) is 0 Å². The average molecular weight is 391 g/mol. The number of aromatic nitrogens is 4.